The third-order valence-corrected chi connectivity index (χ3v) is 6.66. The lowest BCUT2D eigenvalue weighted by atomic mass is 10.1. The average Bonchev–Trinajstić information content (AvgIpc) is 3.46. The first kappa shape index (κ1) is 22.8. The largest absolute Gasteiger partial charge is 0.341 e. The fourth-order valence-corrected chi connectivity index (χ4v) is 4.48. The van der Waals surface area contributed by atoms with E-state index in [1.54, 1.807) is 0 Å². The van der Waals surface area contributed by atoms with E-state index in [-0.39, 0.29) is 5.75 Å². The molecule has 0 bridgehead atoms. The summed E-state index contributed by atoms with van der Waals surface area (Å²) in [5.41, 5.74) is 4.83. The Bertz CT molecular complexity index is 1150. The molecule has 2 N–H and O–H groups in total. The van der Waals surface area contributed by atoms with E-state index in [1.807, 2.05) is 67.8 Å². The number of carbonyl (C=O) groups excluding carboxylic acids is 2. The van der Waals surface area contributed by atoms with Gasteiger partial charge in [-0.25, -0.2) is 4.79 Å². The van der Waals surface area contributed by atoms with Crippen LogP contribution in [0, 0.1) is 20.8 Å². The van der Waals surface area contributed by atoms with Gasteiger partial charge in [0.2, 0.25) is 11.9 Å². The van der Waals surface area contributed by atoms with Crippen LogP contribution in [0.5, 0.6) is 0 Å². The summed E-state index contributed by atoms with van der Waals surface area (Å²) in [6.45, 7) is 7.82. The molecule has 1 aliphatic rings. The second kappa shape index (κ2) is 10.1. The van der Waals surface area contributed by atoms with Crippen molar-refractivity contribution in [3.63, 3.8) is 0 Å². The minimum atomic E-state index is -0.549. The number of nitrogens with zero attached hydrogens (tertiary/aromatic N) is 4. The number of nitrogens with one attached hydrogen (secondary N) is 2. The zero-order valence-electron chi connectivity index (χ0n) is 19.1. The van der Waals surface area contributed by atoms with Crippen LogP contribution >= 0.6 is 11.8 Å². The number of hydrogen-bond donors (Lipinski definition) is 2. The summed E-state index contributed by atoms with van der Waals surface area (Å²) in [4.78, 5) is 27.0. The Morgan fingerprint density at radius 3 is 2.45 bits per heavy atom. The van der Waals surface area contributed by atoms with Crippen LogP contribution in [0.15, 0.2) is 47.6 Å². The summed E-state index contributed by atoms with van der Waals surface area (Å²) < 4.78 is 1.99. The van der Waals surface area contributed by atoms with Crippen LogP contribution in [-0.2, 0) is 4.79 Å². The van der Waals surface area contributed by atoms with E-state index < -0.39 is 11.9 Å². The molecule has 9 heteroatoms. The number of benzene rings is 2. The van der Waals surface area contributed by atoms with Gasteiger partial charge in [0.25, 0.3) is 0 Å². The summed E-state index contributed by atoms with van der Waals surface area (Å²) in [7, 11) is 0. The van der Waals surface area contributed by atoms with Crippen LogP contribution in [0.25, 0.3) is 5.69 Å². The van der Waals surface area contributed by atoms with Gasteiger partial charge < -0.3 is 10.2 Å². The predicted molar refractivity (Wildman–Crippen MR) is 131 cm³/mol. The molecule has 2 aromatic carbocycles. The minimum Gasteiger partial charge on any atom is -0.341 e. The molecule has 0 radical (unpaired) electrons. The molecule has 0 atom stereocenters. The summed E-state index contributed by atoms with van der Waals surface area (Å²) in [5.74, 6) is 0.431. The van der Waals surface area contributed by atoms with Crippen molar-refractivity contribution in [3.8, 4) is 5.69 Å². The molecule has 3 amide bonds. The van der Waals surface area contributed by atoms with E-state index in [0.717, 1.165) is 54.3 Å². The predicted octanol–water partition coefficient (Wildman–Crippen LogP) is 4.23. The molecule has 0 aliphatic carbocycles. The highest BCUT2D eigenvalue weighted by Gasteiger charge is 2.23. The molecule has 0 saturated carbocycles. The molecule has 3 aromatic rings. The Labute approximate surface area is 197 Å². The second-order valence-electron chi connectivity index (χ2n) is 8.19. The summed E-state index contributed by atoms with van der Waals surface area (Å²) >= 11 is 1.26. The SMILES string of the molecule is Cc1ccc(-n2c(SCC(=O)NC(=O)Nc3cccc(C)c3C)nnc2N2CCCC2)cc1. The monoisotopic (exact) mass is 464 g/mol. The lowest BCUT2D eigenvalue weighted by Crippen LogP contribution is -2.35. The normalized spacial score (nSPS) is 13.2. The van der Waals surface area contributed by atoms with E-state index in [2.05, 4.69) is 25.7 Å². The second-order valence-corrected chi connectivity index (χ2v) is 9.13. The van der Waals surface area contributed by atoms with Gasteiger partial charge in [-0.1, -0.05) is 41.6 Å². The average molecular weight is 465 g/mol. The molecule has 0 unspecified atom stereocenters. The maximum Gasteiger partial charge on any atom is 0.325 e. The Kier molecular flexibility index (Phi) is 6.98. The molecular weight excluding hydrogens is 436 g/mol. The zero-order chi connectivity index (χ0) is 23.4. The lowest BCUT2D eigenvalue weighted by Gasteiger charge is -2.18. The molecule has 2 heterocycles. The van der Waals surface area contributed by atoms with Gasteiger partial charge in [-0.2, -0.15) is 0 Å². The zero-order valence-corrected chi connectivity index (χ0v) is 19.9. The van der Waals surface area contributed by atoms with Gasteiger partial charge in [-0.05, 0) is 62.9 Å². The molecule has 8 nitrogen and oxygen atoms in total. The molecule has 1 aliphatic heterocycles. The number of aryl methyl sites for hydroxylation is 2. The van der Waals surface area contributed by atoms with Crippen molar-refractivity contribution in [2.24, 2.45) is 0 Å². The number of amides is 3. The Balaban J connectivity index is 1.44. The van der Waals surface area contributed by atoms with Gasteiger partial charge in [-0.3, -0.25) is 14.7 Å². The third kappa shape index (κ3) is 5.36. The van der Waals surface area contributed by atoms with E-state index in [4.69, 9.17) is 0 Å². The van der Waals surface area contributed by atoms with Crippen molar-refractivity contribution in [3.05, 3.63) is 59.2 Å². The lowest BCUT2D eigenvalue weighted by molar-refractivity contribution is -0.117. The first-order valence-electron chi connectivity index (χ1n) is 11.0. The number of carbonyl (C=O) groups is 2. The number of hydrogen-bond acceptors (Lipinski definition) is 6. The van der Waals surface area contributed by atoms with Crippen molar-refractivity contribution in [1.29, 1.82) is 0 Å². The Hall–Kier alpha value is -3.33. The van der Waals surface area contributed by atoms with Crippen LogP contribution in [-0.4, -0.2) is 45.5 Å². The highest BCUT2D eigenvalue weighted by Crippen LogP contribution is 2.28. The van der Waals surface area contributed by atoms with Crippen LogP contribution < -0.4 is 15.5 Å². The first-order chi connectivity index (χ1) is 15.9. The number of thioether (sulfide) groups is 1. The number of imide groups is 1. The summed E-state index contributed by atoms with van der Waals surface area (Å²) in [6.07, 6.45) is 2.25. The van der Waals surface area contributed by atoms with E-state index in [1.165, 1.54) is 11.8 Å². The van der Waals surface area contributed by atoms with Crippen molar-refractivity contribution in [1.82, 2.24) is 20.1 Å². The Morgan fingerprint density at radius 1 is 1.00 bits per heavy atom. The quantitative estimate of drug-likeness (QED) is 0.531. The van der Waals surface area contributed by atoms with E-state index in [9.17, 15) is 9.59 Å². The first-order valence-corrected chi connectivity index (χ1v) is 12.0. The van der Waals surface area contributed by atoms with Gasteiger partial charge in [0.15, 0.2) is 5.16 Å². The van der Waals surface area contributed by atoms with Crippen LogP contribution in [0.4, 0.5) is 16.4 Å². The van der Waals surface area contributed by atoms with Gasteiger partial charge in [0, 0.05) is 18.8 Å². The standard InChI is InChI=1S/C24H28N6O2S/c1-16-9-11-19(12-10-16)30-23(29-13-4-5-14-29)27-28-24(30)33-15-21(31)26-22(32)25-20-8-6-7-17(2)18(20)3/h6-12H,4-5,13-15H2,1-3H3,(H2,25,26,31,32). The maximum atomic E-state index is 12.5. The van der Waals surface area contributed by atoms with Gasteiger partial charge >= 0.3 is 6.03 Å². The van der Waals surface area contributed by atoms with E-state index in [0.29, 0.717) is 10.8 Å². The highest BCUT2D eigenvalue weighted by atomic mass is 32.2. The number of rotatable bonds is 6. The number of anilines is 2. The molecule has 0 spiro atoms. The topological polar surface area (TPSA) is 92.2 Å². The molecule has 1 aromatic heterocycles. The molecular formula is C24H28N6O2S. The van der Waals surface area contributed by atoms with Gasteiger partial charge in [0.1, 0.15) is 0 Å². The summed E-state index contributed by atoms with van der Waals surface area (Å²) in [5, 5.41) is 14.5. The van der Waals surface area contributed by atoms with Crippen molar-refractivity contribution in [2.45, 2.75) is 38.8 Å². The third-order valence-electron chi connectivity index (χ3n) is 5.74. The minimum absolute atomic E-state index is 0.0458. The van der Waals surface area contributed by atoms with Crippen molar-refractivity contribution >= 4 is 35.3 Å². The van der Waals surface area contributed by atoms with Crippen LogP contribution in [0.3, 0.4) is 0 Å². The highest BCUT2D eigenvalue weighted by molar-refractivity contribution is 7.99. The summed E-state index contributed by atoms with van der Waals surface area (Å²) in [6, 6.07) is 13.2. The molecule has 1 fully saturated rings. The van der Waals surface area contributed by atoms with Crippen molar-refractivity contribution in [2.75, 3.05) is 29.1 Å². The maximum absolute atomic E-state index is 12.5. The number of aromatic nitrogens is 3. The fourth-order valence-electron chi connectivity index (χ4n) is 3.73. The van der Waals surface area contributed by atoms with Gasteiger partial charge in [0.05, 0.1) is 11.4 Å². The molecule has 33 heavy (non-hydrogen) atoms. The van der Waals surface area contributed by atoms with E-state index >= 15 is 0 Å². The Morgan fingerprint density at radius 2 is 1.73 bits per heavy atom. The van der Waals surface area contributed by atoms with Gasteiger partial charge in [-0.15, -0.1) is 10.2 Å². The molecule has 172 valence electrons. The van der Waals surface area contributed by atoms with Crippen molar-refractivity contribution < 1.29 is 9.59 Å². The van der Waals surface area contributed by atoms with Crippen LogP contribution in [0.2, 0.25) is 0 Å². The number of urea groups is 1. The molecule has 4 rings (SSSR count). The van der Waals surface area contributed by atoms with Crippen LogP contribution in [0.1, 0.15) is 29.5 Å². The molecule has 1 saturated heterocycles. The fraction of sp³-hybridized carbons (Fsp3) is 0.333. The smallest absolute Gasteiger partial charge is 0.325 e.